The van der Waals surface area contributed by atoms with Gasteiger partial charge in [-0.3, -0.25) is 4.79 Å². The number of anilines is 1. The Morgan fingerprint density at radius 1 is 1.14 bits per heavy atom. The lowest BCUT2D eigenvalue weighted by atomic mass is 10.1. The Labute approximate surface area is 123 Å². The van der Waals surface area contributed by atoms with E-state index in [1.54, 1.807) is 18.2 Å². The van der Waals surface area contributed by atoms with Crippen LogP contribution >= 0.6 is 0 Å². The molecule has 0 aromatic heterocycles. The van der Waals surface area contributed by atoms with Crippen molar-refractivity contribution in [2.45, 2.75) is 19.8 Å². The number of carbonyl (C=O) groups is 1. The largest absolute Gasteiger partial charge is 0.454 e. The summed E-state index contributed by atoms with van der Waals surface area (Å²) in [5.41, 5.74) is 2.53. The first-order chi connectivity index (χ1) is 10.3. The van der Waals surface area contributed by atoms with Gasteiger partial charge in [-0.2, -0.15) is 0 Å². The van der Waals surface area contributed by atoms with Crippen LogP contribution in [0.5, 0.6) is 11.5 Å². The van der Waals surface area contributed by atoms with Crippen molar-refractivity contribution in [1.82, 2.24) is 0 Å². The number of ether oxygens (including phenoxy) is 2. The van der Waals surface area contributed by atoms with Crippen molar-refractivity contribution in [2.75, 3.05) is 12.1 Å². The average Bonchev–Trinajstić information content (AvgIpc) is 2.98. The van der Waals surface area contributed by atoms with Crippen LogP contribution in [0.25, 0.3) is 0 Å². The molecule has 0 atom stereocenters. The molecule has 0 bridgehead atoms. The van der Waals surface area contributed by atoms with Gasteiger partial charge in [0.15, 0.2) is 11.5 Å². The van der Waals surface area contributed by atoms with Gasteiger partial charge in [0.1, 0.15) is 0 Å². The zero-order chi connectivity index (χ0) is 14.7. The van der Waals surface area contributed by atoms with Gasteiger partial charge in [0.2, 0.25) is 6.79 Å². The summed E-state index contributed by atoms with van der Waals surface area (Å²) >= 11 is 0. The summed E-state index contributed by atoms with van der Waals surface area (Å²) in [5, 5.41) is 2.88. The van der Waals surface area contributed by atoms with Crippen molar-refractivity contribution in [2.24, 2.45) is 0 Å². The first-order valence-electron chi connectivity index (χ1n) is 7.07. The number of hydrogen-bond acceptors (Lipinski definition) is 3. The molecule has 4 heteroatoms. The van der Waals surface area contributed by atoms with Gasteiger partial charge >= 0.3 is 0 Å². The predicted molar refractivity (Wildman–Crippen MR) is 81.0 cm³/mol. The molecular weight excluding hydrogens is 266 g/mol. The summed E-state index contributed by atoms with van der Waals surface area (Å²) in [5.74, 6) is 0.930. The standard InChI is InChI=1S/C17H17NO3/c1-2-4-12-7-9-13(10-8-12)18-17(19)14-5-3-6-15-16(14)21-11-20-15/h3,5-10H,2,4,11H2,1H3,(H,18,19). The highest BCUT2D eigenvalue weighted by atomic mass is 16.7. The molecule has 1 amide bonds. The number of rotatable bonds is 4. The Balaban J connectivity index is 1.76. The Morgan fingerprint density at radius 2 is 1.95 bits per heavy atom. The van der Waals surface area contributed by atoms with Crippen LogP contribution in [0.4, 0.5) is 5.69 Å². The van der Waals surface area contributed by atoms with Crippen molar-refractivity contribution in [3.63, 3.8) is 0 Å². The van der Waals surface area contributed by atoms with Crippen molar-refractivity contribution in [3.05, 3.63) is 53.6 Å². The second-order valence-electron chi connectivity index (χ2n) is 4.94. The molecule has 1 N–H and O–H groups in total. The predicted octanol–water partition coefficient (Wildman–Crippen LogP) is 3.62. The summed E-state index contributed by atoms with van der Waals surface area (Å²) < 4.78 is 10.6. The van der Waals surface area contributed by atoms with Crippen LogP contribution in [-0.4, -0.2) is 12.7 Å². The zero-order valence-corrected chi connectivity index (χ0v) is 11.9. The van der Waals surface area contributed by atoms with E-state index >= 15 is 0 Å². The van der Waals surface area contributed by atoms with Gasteiger partial charge in [-0.1, -0.05) is 31.5 Å². The molecule has 0 fully saturated rings. The monoisotopic (exact) mass is 283 g/mol. The van der Waals surface area contributed by atoms with Gasteiger partial charge in [0.25, 0.3) is 5.91 Å². The third-order valence-electron chi connectivity index (χ3n) is 3.39. The molecule has 21 heavy (non-hydrogen) atoms. The topological polar surface area (TPSA) is 47.6 Å². The maximum atomic E-state index is 12.3. The highest BCUT2D eigenvalue weighted by molar-refractivity contribution is 6.06. The molecule has 2 aromatic rings. The highest BCUT2D eigenvalue weighted by Gasteiger charge is 2.21. The van der Waals surface area contributed by atoms with E-state index in [9.17, 15) is 4.79 Å². The first-order valence-corrected chi connectivity index (χ1v) is 7.07. The van der Waals surface area contributed by atoms with Crippen molar-refractivity contribution >= 4 is 11.6 Å². The Bertz CT molecular complexity index is 650. The minimum Gasteiger partial charge on any atom is -0.454 e. The molecule has 0 aliphatic carbocycles. The van der Waals surface area contributed by atoms with Gasteiger partial charge < -0.3 is 14.8 Å². The molecule has 1 aliphatic heterocycles. The van der Waals surface area contributed by atoms with Gasteiger partial charge in [-0.25, -0.2) is 0 Å². The van der Waals surface area contributed by atoms with E-state index in [-0.39, 0.29) is 12.7 Å². The van der Waals surface area contributed by atoms with E-state index in [4.69, 9.17) is 9.47 Å². The Hall–Kier alpha value is -2.49. The van der Waals surface area contributed by atoms with E-state index in [0.717, 1.165) is 18.5 Å². The molecule has 3 rings (SSSR count). The molecule has 0 spiro atoms. The summed E-state index contributed by atoms with van der Waals surface area (Å²) in [7, 11) is 0. The fourth-order valence-corrected chi connectivity index (χ4v) is 2.35. The smallest absolute Gasteiger partial charge is 0.259 e. The van der Waals surface area contributed by atoms with Crippen molar-refractivity contribution in [1.29, 1.82) is 0 Å². The molecular formula is C17H17NO3. The molecule has 0 unspecified atom stereocenters. The number of nitrogens with one attached hydrogen (secondary N) is 1. The maximum Gasteiger partial charge on any atom is 0.259 e. The van der Waals surface area contributed by atoms with Crippen molar-refractivity contribution in [3.8, 4) is 11.5 Å². The molecule has 4 nitrogen and oxygen atoms in total. The lowest BCUT2D eigenvalue weighted by Gasteiger charge is -2.08. The van der Waals surface area contributed by atoms with Crippen molar-refractivity contribution < 1.29 is 14.3 Å². The van der Waals surface area contributed by atoms with Gasteiger partial charge in [-0.15, -0.1) is 0 Å². The second kappa shape index (κ2) is 5.87. The lowest BCUT2D eigenvalue weighted by Crippen LogP contribution is -2.12. The fraction of sp³-hybridized carbons (Fsp3) is 0.235. The molecule has 0 saturated carbocycles. The number of para-hydroxylation sites is 1. The van der Waals surface area contributed by atoms with E-state index in [2.05, 4.69) is 12.2 Å². The molecule has 1 aliphatic rings. The first kappa shape index (κ1) is 13.5. The number of aryl methyl sites for hydroxylation is 1. The summed E-state index contributed by atoms with van der Waals surface area (Å²) in [6.45, 7) is 2.30. The zero-order valence-electron chi connectivity index (χ0n) is 11.9. The minimum absolute atomic E-state index is 0.158. The highest BCUT2D eigenvalue weighted by Crippen LogP contribution is 2.35. The van der Waals surface area contributed by atoms with Crippen LogP contribution in [0.1, 0.15) is 29.3 Å². The van der Waals surface area contributed by atoms with Crippen LogP contribution in [0, 0.1) is 0 Å². The molecule has 2 aromatic carbocycles. The summed E-state index contributed by atoms with van der Waals surface area (Å²) in [6, 6.07) is 13.2. The molecule has 0 radical (unpaired) electrons. The number of carbonyl (C=O) groups excluding carboxylic acids is 1. The van der Waals surface area contributed by atoms with Crippen LogP contribution in [0.3, 0.4) is 0 Å². The van der Waals surface area contributed by atoms with Crippen LogP contribution in [0.15, 0.2) is 42.5 Å². The summed E-state index contributed by atoms with van der Waals surface area (Å²) in [6.07, 6.45) is 2.16. The quantitative estimate of drug-likeness (QED) is 0.932. The van der Waals surface area contributed by atoms with Crippen LogP contribution < -0.4 is 14.8 Å². The van der Waals surface area contributed by atoms with E-state index in [1.807, 2.05) is 24.3 Å². The average molecular weight is 283 g/mol. The molecule has 0 saturated heterocycles. The maximum absolute atomic E-state index is 12.3. The van der Waals surface area contributed by atoms with E-state index < -0.39 is 0 Å². The third-order valence-corrected chi connectivity index (χ3v) is 3.39. The normalized spacial score (nSPS) is 12.2. The van der Waals surface area contributed by atoms with E-state index in [1.165, 1.54) is 5.56 Å². The Kier molecular flexibility index (Phi) is 3.77. The molecule has 1 heterocycles. The minimum atomic E-state index is -0.194. The van der Waals surface area contributed by atoms with Gasteiger partial charge in [0.05, 0.1) is 5.56 Å². The third kappa shape index (κ3) is 2.84. The molecule has 108 valence electrons. The van der Waals surface area contributed by atoms with Crippen LogP contribution in [0.2, 0.25) is 0 Å². The summed E-state index contributed by atoms with van der Waals surface area (Å²) in [4.78, 5) is 12.3. The van der Waals surface area contributed by atoms with Gasteiger partial charge in [0, 0.05) is 5.69 Å². The van der Waals surface area contributed by atoms with E-state index in [0.29, 0.717) is 17.1 Å². The Morgan fingerprint density at radius 3 is 2.71 bits per heavy atom. The number of amides is 1. The SMILES string of the molecule is CCCc1ccc(NC(=O)c2cccc3c2OCO3)cc1. The second-order valence-corrected chi connectivity index (χ2v) is 4.94. The number of fused-ring (bicyclic) bond motifs is 1. The number of hydrogen-bond donors (Lipinski definition) is 1. The fourth-order valence-electron chi connectivity index (χ4n) is 2.35. The lowest BCUT2D eigenvalue weighted by molar-refractivity contribution is 0.102. The van der Waals surface area contributed by atoms with Crippen LogP contribution in [-0.2, 0) is 6.42 Å². The number of benzene rings is 2. The van der Waals surface area contributed by atoms with Gasteiger partial charge in [-0.05, 0) is 36.2 Å².